The molecule has 2 aliphatic rings. The molecule has 2 fully saturated rings. The first-order valence-corrected chi connectivity index (χ1v) is 7.80. The van der Waals surface area contributed by atoms with Gasteiger partial charge in [-0.25, -0.2) is 9.97 Å². The van der Waals surface area contributed by atoms with E-state index in [0.717, 1.165) is 37.8 Å². The Hall–Kier alpha value is -2.51. The third-order valence-electron chi connectivity index (χ3n) is 4.66. The molecule has 1 amide bonds. The highest BCUT2D eigenvalue weighted by molar-refractivity contribution is 5.92. The van der Waals surface area contributed by atoms with Crippen molar-refractivity contribution in [1.29, 1.82) is 0 Å². The molecule has 4 rings (SSSR count). The number of carbonyl (C=O) groups is 1. The van der Waals surface area contributed by atoms with Crippen LogP contribution < -0.4 is 4.90 Å². The number of fused-ring (bicyclic) bond motifs is 1. The Morgan fingerprint density at radius 1 is 1.22 bits per heavy atom. The fourth-order valence-corrected chi connectivity index (χ4v) is 3.52. The Morgan fingerprint density at radius 2 is 1.96 bits per heavy atom. The van der Waals surface area contributed by atoms with E-state index in [0.29, 0.717) is 17.5 Å². The Balaban J connectivity index is 1.43. The maximum Gasteiger partial charge on any atom is 0.276 e. The predicted octanol–water partition coefficient (Wildman–Crippen LogP) is 0.122. The van der Waals surface area contributed by atoms with Gasteiger partial charge in [-0.2, -0.15) is 0 Å². The molecule has 2 unspecified atom stereocenters. The van der Waals surface area contributed by atoms with Crippen molar-refractivity contribution in [1.82, 2.24) is 29.9 Å². The van der Waals surface area contributed by atoms with Crippen LogP contribution in [0.4, 0.5) is 5.95 Å². The van der Waals surface area contributed by atoms with E-state index in [2.05, 4.69) is 25.2 Å². The van der Waals surface area contributed by atoms with E-state index < -0.39 is 0 Å². The fraction of sp³-hybridized carbons (Fsp3) is 0.533. The number of aryl methyl sites for hydroxylation is 2. The second-order valence-corrected chi connectivity index (χ2v) is 6.41. The van der Waals surface area contributed by atoms with Crippen molar-refractivity contribution in [3.8, 4) is 0 Å². The highest BCUT2D eigenvalue weighted by Gasteiger charge is 2.42. The van der Waals surface area contributed by atoms with Crippen LogP contribution in [0, 0.1) is 18.8 Å². The quantitative estimate of drug-likeness (QED) is 0.783. The average molecular weight is 313 g/mol. The summed E-state index contributed by atoms with van der Waals surface area (Å²) in [6.45, 7) is 5.31. The van der Waals surface area contributed by atoms with Gasteiger partial charge >= 0.3 is 0 Å². The fourth-order valence-electron chi connectivity index (χ4n) is 3.52. The molecule has 8 nitrogen and oxygen atoms in total. The molecule has 120 valence electrons. The number of anilines is 1. The van der Waals surface area contributed by atoms with Crippen molar-refractivity contribution < 1.29 is 4.79 Å². The van der Waals surface area contributed by atoms with Crippen LogP contribution in [0.5, 0.6) is 0 Å². The molecular weight excluding hydrogens is 294 g/mol. The predicted molar refractivity (Wildman–Crippen MR) is 82.9 cm³/mol. The first-order valence-electron chi connectivity index (χ1n) is 7.80. The summed E-state index contributed by atoms with van der Waals surface area (Å²) in [6.07, 6.45) is 3.47. The number of hydrogen-bond donors (Lipinski definition) is 0. The summed E-state index contributed by atoms with van der Waals surface area (Å²) in [5, 5.41) is 7.75. The monoisotopic (exact) mass is 313 g/mol. The zero-order chi connectivity index (χ0) is 16.0. The second-order valence-electron chi connectivity index (χ2n) is 6.41. The molecule has 0 aromatic carbocycles. The molecule has 2 atom stereocenters. The molecule has 8 heteroatoms. The van der Waals surface area contributed by atoms with Crippen LogP contribution in [0.1, 0.15) is 16.2 Å². The van der Waals surface area contributed by atoms with E-state index in [4.69, 9.17) is 0 Å². The van der Waals surface area contributed by atoms with Gasteiger partial charge in [0, 0.05) is 57.0 Å². The van der Waals surface area contributed by atoms with Gasteiger partial charge in [-0.1, -0.05) is 5.21 Å². The van der Waals surface area contributed by atoms with Crippen molar-refractivity contribution >= 4 is 11.9 Å². The van der Waals surface area contributed by atoms with Gasteiger partial charge in [-0.3, -0.25) is 9.48 Å². The number of likely N-dealkylation sites (tertiary alicyclic amines) is 1. The van der Waals surface area contributed by atoms with E-state index in [1.54, 1.807) is 24.1 Å². The largest absolute Gasteiger partial charge is 0.340 e. The SMILES string of the molecule is Cc1ccnc(N2CC3CN(C(=O)c4cn(C)nn4)CC3C2)n1. The molecule has 0 spiro atoms. The number of hydrogen-bond acceptors (Lipinski definition) is 6. The van der Waals surface area contributed by atoms with E-state index >= 15 is 0 Å². The zero-order valence-electron chi connectivity index (χ0n) is 13.3. The average Bonchev–Trinajstić information content (AvgIpc) is 3.20. The third kappa shape index (κ3) is 2.54. The molecule has 2 aliphatic heterocycles. The van der Waals surface area contributed by atoms with Gasteiger partial charge in [0.1, 0.15) is 0 Å². The Labute approximate surface area is 134 Å². The molecule has 2 aromatic rings. The summed E-state index contributed by atoms with van der Waals surface area (Å²) < 4.78 is 1.56. The molecule has 0 bridgehead atoms. The number of aromatic nitrogens is 5. The van der Waals surface area contributed by atoms with Crippen molar-refractivity contribution in [2.45, 2.75) is 6.92 Å². The molecule has 4 heterocycles. The first kappa shape index (κ1) is 14.1. The van der Waals surface area contributed by atoms with Crippen LogP contribution in [0.3, 0.4) is 0 Å². The molecule has 0 N–H and O–H groups in total. The topological polar surface area (TPSA) is 80.0 Å². The van der Waals surface area contributed by atoms with Gasteiger partial charge in [0.15, 0.2) is 5.69 Å². The minimum atomic E-state index is -0.0224. The number of rotatable bonds is 2. The summed E-state index contributed by atoms with van der Waals surface area (Å²) in [5.74, 6) is 1.72. The second kappa shape index (κ2) is 5.29. The van der Waals surface area contributed by atoms with Crippen molar-refractivity contribution in [2.75, 3.05) is 31.1 Å². The first-order chi connectivity index (χ1) is 11.1. The van der Waals surface area contributed by atoms with E-state index in [1.165, 1.54) is 0 Å². The lowest BCUT2D eigenvalue weighted by atomic mass is 10.0. The van der Waals surface area contributed by atoms with E-state index in [1.807, 2.05) is 17.9 Å². The summed E-state index contributed by atoms with van der Waals surface area (Å²) in [7, 11) is 1.77. The van der Waals surface area contributed by atoms with Crippen LogP contribution in [0.15, 0.2) is 18.5 Å². The highest BCUT2D eigenvalue weighted by Crippen LogP contribution is 2.33. The lowest BCUT2D eigenvalue weighted by Gasteiger charge is -2.21. The summed E-state index contributed by atoms with van der Waals surface area (Å²) >= 11 is 0. The zero-order valence-corrected chi connectivity index (χ0v) is 13.3. The van der Waals surface area contributed by atoms with Crippen molar-refractivity contribution in [3.63, 3.8) is 0 Å². The summed E-state index contributed by atoms with van der Waals surface area (Å²) in [4.78, 5) is 25.5. The van der Waals surface area contributed by atoms with Crippen molar-refractivity contribution in [3.05, 3.63) is 29.8 Å². The minimum absolute atomic E-state index is 0.0224. The van der Waals surface area contributed by atoms with Crippen LogP contribution in [-0.4, -0.2) is 61.9 Å². The standard InChI is InChI=1S/C15H19N7O/c1-10-3-4-16-15(17-10)22-7-11-5-21(6-12(11)8-22)14(23)13-9-20(2)19-18-13/h3-4,9,11-12H,5-8H2,1-2H3. The smallest absolute Gasteiger partial charge is 0.276 e. The highest BCUT2D eigenvalue weighted by atomic mass is 16.2. The van der Waals surface area contributed by atoms with Crippen LogP contribution in [0.2, 0.25) is 0 Å². The summed E-state index contributed by atoms with van der Waals surface area (Å²) in [6, 6.07) is 1.90. The lowest BCUT2D eigenvalue weighted by molar-refractivity contribution is 0.0776. The molecule has 0 aliphatic carbocycles. The van der Waals surface area contributed by atoms with Crippen LogP contribution in [0.25, 0.3) is 0 Å². The molecular formula is C15H19N7O. The Bertz CT molecular complexity index is 729. The molecule has 2 aromatic heterocycles. The lowest BCUT2D eigenvalue weighted by Crippen LogP contribution is -2.34. The van der Waals surface area contributed by atoms with E-state index in [-0.39, 0.29) is 5.91 Å². The van der Waals surface area contributed by atoms with Gasteiger partial charge in [-0.05, 0) is 13.0 Å². The third-order valence-corrected chi connectivity index (χ3v) is 4.66. The molecule has 0 radical (unpaired) electrons. The van der Waals surface area contributed by atoms with E-state index in [9.17, 15) is 4.79 Å². The Morgan fingerprint density at radius 3 is 2.57 bits per heavy atom. The maximum absolute atomic E-state index is 12.5. The number of amides is 1. The van der Waals surface area contributed by atoms with Gasteiger partial charge in [0.2, 0.25) is 5.95 Å². The molecule has 2 saturated heterocycles. The van der Waals surface area contributed by atoms with Gasteiger partial charge in [-0.15, -0.1) is 5.10 Å². The maximum atomic E-state index is 12.5. The van der Waals surface area contributed by atoms with Crippen LogP contribution in [-0.2, 0) is 7.05 Å². The number of nitrogens with zero attached hydrogens (tertiary/aromatic N) is 7. The number of carbonyl (C=O) groups excluding carboxylic acids is 1. The minimum Gasteiger partial charge on any atom is -0.340 e. The summed E-state index contributed by atoms with van der Waals surface area (Å²) in [5.41, 5.74) is 1.40. The Kier molecular flexibility index (Phi) is 3.24. The van der Waals surface area contributed by atoms with Crippen molar-refractivity contribution in [2.24, 2.45) is 18.9 Å². The normalized spacial score (nSPS) is 23.4. The van der Waals surface area contributed by atoms with Gasteiger partial charge in [0.25, 0.3) is 5.91 Å². The molecule has 23 heavy (non-hydrogen) atoms. The molecule has 0 saturated carbocycles. The van der Waals surface area contributed by atoms with Crippen LogP contribution >= 0.6 is 0 Å². The van der Waals surface area contributed by atoms with Gasteiger partial charge in [0.05, 0.1) is 6.20 Å². The van der Waals surface area contributed by atoms with Gasteiger partial charge < -0.3 is 9.80 Å².